The van der Waals surface area contributed by atoms with Crippen molar-refractivity contribution in [3.63, 3.8) is 0 Å². The first-order valence-corrected chi connectivity index (χ1v) is 13.3. The molecule has 0 radical (unpaired) electrons. The fourth-order valence-corrected chi connectivity index (χ4v) is 5.31. The number of aromatic nitrogens is 1. The van der Waals surface area contributed by atoms with E-state index in [1.54, 1.807) is 19.1 Å². The highest BCUT2D eigenvalue weighted by atomic mass is 19.4. The molecule has 2 heterocycles. The molecule has 40 heavy (non-hydrogen) atoms. The van der Waals surface area contributed by atoms with Crippen molar-refractivity contribution in [1.82, 2.24) is 20.5 Å². The highest BCUT2D eigenvalue weighted by Gasteiger charge is 2.36. The van der Waals surface area contributed by atoms with Gasteiger partial charge in [-0.15, -0.1) is 0 Å². The van der Waals surface area contributed by atoms with Crippen molar-refractivity contribution >= 4 is 17.4 Å². The molecule has 216 valence electrons. The summed E-state index contributed by atoms with van der Waals surface area (Å²) in [5.74, 6) is -1.04. The Balaban J connectivity index is 1.30. The van der Waals surface area contributed by atoms with Gasteiger partial charge in [-0.1, -0.05) is 18.2 Å². The maximum absolute atomic E-state index is 13.0. The van der Waals surface area contributed by atoms with Crippen LogP contribution in [0.5, 0.6) is 0 Å². The molecule has 1 aromatic heterocycles. The number of hydrogen-bond donors (Lipinski definition) is 2. The van der Waals surface area contributed by atoms with E-state index in [2.05, 4.69) is 21.7 Å². The highest BCUT2D eigenvalue weighted by molar-refractivity contribution is 5.96. The number of nitrogens with one attached hydrogen (secondary N) is 2. The number of halogens is 3. The zero-order valence-electron chi connectivity index (χ0n) is 22.7. The lowest BCUT2D eigenvalue weighted by Gasteiger charge is -2.26. The molecule has 8 nitrogen and oxygen atoms in total. The summed E-state index contributed by atoms with van der Waals surface area (Å²) in [4.78, 5) is 31.7. The Morgan fingerprint density at radius 2 is 1.95 bits per heavy atom. The molecule has 4 rings (SSSR count). The Bertz CT molecular complexity index is 1200. The van der Waals surface area contributed by atoms with Gasteiger partial charge in [0.15, 0.2) is 0 Å². The van der Waals surface area contributed by atoms with Crippen molar-refractivity contribution in [2.24, 2.45) is 0 Å². The molecule has 1 aromatic carbocycles. The van der Waals surface area contributed by atoms with Crippen molar-refractivity contribution in [2.75, 3.05) is 33.9 Å². The number of hydrogen-bond acceptors (Lipinski definition) is 6. The fraction of sp³-hybridized carbons (Fsp3) is 0.483. The molecule has 3 atom stereocenters. The summed E-state index contributed by atoms with van der Waals surface area (Å²) >= 11 is 0. The largest absolute Gasteiger partial charge is 0.416 e. The third kappa shape index (κ3) is 7.67. The van der Waals surface area contributed by atoms with Crippen LogP contribution in [0.1, 0.15) is 52.9 Å². The van der Waals surface area contributed by atoms with Gasteiger partial charge in [0.1, 0.15) is 0 Å². The topological polar surface area (TPSA) is 92.8 Å². The van der Waals surface area contributed by atoms with Gasteiger partial charge in [0.05, 0.1) is 37.1 Å². The molecule has 2 aromatic rings. The minimum atomic E-state index is -4.56. The highest BCUT2D eigenvalue weighted by Crippen LogP contribution is 2.30. The van der Waals surface area contributed by atoms with Crippen molar-refractivity contribution in [2.45, 2.75) is 56.6 Å². The first-order valence-electron chi connectivity index (χ1n) is 13.3. The van der Waals surface area contributed by atoms with Crippen molar-refractivity contribution in [3.8, 4) is 0 Å². The molecular weight excluding hydrogens is 525 g/mol. The summed E-state index contributed by atoms with van der Waals surface area (Å²) in [5.41, 5.74) is 2.16. The van der Waals surface area contributed by atoms with Crippen LogP contribution in [0.4, 0.5) is 13.2 Å². The average Bonchev–Trinajstić information content (AvgIpc) is 3.34. The van der Waals surface area contributed by atoms with E-state index in [0.717, 1.165) is 42.7 Å². The zero-order chi connectivity index (χ0) is 28.7. The van der Waals surface area contributed by atoms with Gasteiger partial charge in [-0.25, -0.2) is 0 Å². The van der Waals surface area contributed by atoms with Crippen LogP contribution >= 0.6 is 0 Å². The maximum atomic E-state index is 13.0. The SMILES string of the molecule is COCc1ccc(C2=CCC(N[C@H]3C[C@@H](COC)N(C(=O)CNC(=O)c4cccc(C(F)(F)F)c4)C3)CC2)nc1. The molecule has 0 bridgehead atoms. The summed E-state index contributed by atoms with van der Waals surface area (Å²) in [6, 6.07) is 8.35. The van der Waals surface area contributed by atoms with Crippen molar-refractivity contribution < 1.29 is 32.2 Å². The molecule has 2 N–H and O–H groups in total. The van der Waals surface area contributed by atoms with E-state index in [1.807, 2.05) is 18.3 Å². The Labute approximate surface area is 231 Å². The van der Waals surface area contributed by atoms with Gasteiger partial charge in [0.25, 0.3) is 5.91 Å². The number of alkyl halides is 3. The number of carbonyl (C=O) groups excluding carboxylic acids is 2. The molecule has 0 saturated carbocycles. The summed E-state index contributed by atoms with van der Waals surface area (Å²) < 4.78 is 49.4. The molecular formula is C29H35F3N4O4. The van der Waals surface area contributed by atoms with Crippen LogP contribution in [0.3, 0.4) is 0 Å². The van der Waals surface area contributed by atoms with E-state index < -0.39 is 17.6 Å². The number of likely N-dealkylation sites (tertiary alicyclic amines) is 1. The van der Waals surface area contributed by atoms with E-state index in [9.17, 15) is 22.8 Å². The molecule has 1 fully saturated rings. The lowest BCUT2D eigenvalue weighted by Crippen LogP contribution is -2.45. The number of rotatable bonds is 10. The zero-order valence-corrected chi connectivity index (χ0v) is 22.7. The summed E-state index contributed by atoms with van der Waals surface area (Å²) in [6.07, 6.45) is 2.89. The second-order valence-corrected chi connectivity index (χ2v) is 10.2. The number of carbonyl (C=O) groups is 2. The lowest BCUT2D eigenvalue weighted by atomic mass is 9.92. The second kappa shape index (κ2) is 13.4. The lowest BCUT2D eigenvalue weighted by molar-refractivity contribution is -0.137. The van der Waals surface area contributed by atoms with Crippen LogP contribution in [0.15, 0.2) is 48.7 Å². The van der Waals surface area contributed by atoms with Crippen LogP contribution < -0.4 is 10.6 Å². The number of ether oxygens (including phenoxy) is 2. The number of pyridine rings is 1. The molecule has 1 aliphatic carbocycles. The minimum Gasteiger partial charge on any atom is -0.383 e. The number of methoxy groups -OCH3 is 2. The predicted octanol–water partition coefficient (Wildman–Crippen LogP) is 3.82. The minimum absolute atomic E-state index is 0.0645. The van der Waals surface area contributed by atoms with E-state index in [-0.39, 0.29) is 36.1 Å². The molecule has 2 aliphatic rings. The molecule has 2 amide bonds. The van der Waals surface area contributed by atoms with Gasteiger partial charge in [-0.3, -0.25) is 14.6 Å². The Kier molecular flexibility index (Phi) is 9.94. The number of allylic oxidation sites excluding steroid dienone is 1. The summed E-state index contributed by atoms with van der Waals surface area (Å²) in [5, 5.41) is 6.14. The Morgan fingerprint density at radius 3 is 2.60 bits per heavy atom. The third-order valence-corrected chi connectivity index (χ3v) is 7.29. The average molecular weight is 561 g/mol. The summed E-state index contributed by atoms with van der Waals surface area (Å²) in [7, 11) is 3.23. The van der Waals surface area contributed by atoms with E-state index in [0.29, 0.717) is 26.2 Å². The molecule has 1 unspecified atom stereocenters. The van der Waals surface area contributed by atoms with Gasteiger partial charge >= 0.3 is 6.18 Å². The maximum Gasteiger partial charge on any atom is 0.416 e. The standard InChI is InChI=1S/C29H35F3N4O4/c1-39-17-19-6-11-26(33-14-19)20-7-9-23(10-8-20)35-24-13-25(18-40-2)36(16-24)27(37)15-34-28(38)21-4-3-5-22(12-21)29(30,31)32/h3-7,11-12,14,23-25,35H,8-10,13,15-18H2,1-2H3,(H,34,38)/t23?,24-,25-/m0/s1. The second-order valence-electron chi connectivity index (χ2n) is 10.2. The van der Waals surface area contributed by atoms with Crippen LogP contribution in [0.25, 0.3) is 5.57 Å². The van der Waals surface area contributed by atoms with Gasteiger partial charge < -0.3 is 25.0 Å². The van der Waals surface area contributed by atoms with Crippen molar-refractivity contribution in [3.05, 3.63) is 71.1 Å². The quantitative estimate of drug-likeness (QED) is 0.459. The summed E-state index contributed by atoms with van der Waals surface area (Å²) in [6.45, 7) is 1.03. The monoisotopic (exact) mass is 560 g/mol. The molecule has 0 spiro atoms. The predicted molar refractivity (Wildman–Crippen MR) is 143 cm³/mol. The van der Waals surface area contributed by atoms with Gasteiger partial charge in [0.2, 0.25) is 5.91 Å². The first-order chi connectivity index (χ1) is 19.2. The van der Waals surface area contributed by atoms with E-state index >= 15 is 0 Å². The van der Waals surface area contributed by atoms with Gasteiger partial charge in [-0.05, 0) is 61.1 Å². The van der Waals surface area contributed by atoms with Crippen LogP contribution in [0.2, 0.25) is 0 Å². The molecule has 11 heteroatoms. The Hall–Kier alpha value is -3.28. The third-order valence-electron chi connectivity index (χ3n) is 7.29. The van der Waals surface area contributed by atoms with Crippen molar-refractivity contribution in [1.29, 1.82) is 0 Å². The van der Waals surface area contributed by atoms with Crippen LogP contribution in [-0.4, -0.2) is 73.7 Å². The normalized spacial score (nSPS) is 21.3. The van der Waals surface area contributed by atoms with E-state index in [4.69, 9.17) is 9.47 Å². The number of amides is 2. The molecule has 1 aliphatic heterocycles. The van der Waals surface area contributed by atoms with Gasteiger partial charge in [-0.2, -0.15) is 13.2 Å². The molecule has 1 saturated heterocycles. The number of benzene rings is 1. The fourth-order valence-electron chi connectivity index (χ4n) is 5.31. The van der Waals surface area contributed by atoms with Crippen LogP contribution in [-0.2, 0) is 27.1 Å². The number of nitrogens with zero attached hydrogens (tertiary/aromatic N) is 2. The Morgan fingerprint density at radius 1 is 1.12 bits per heavy atom. The van der Waals surface area contributed by atoms with Crippen LogP contribution in [0, 0.1) is 0 Å². The van der Waals surface area contributed by atoms with E-state index in [1.165, 1.54) is 17.7 Å². The van der Waals surface area contributed by atoms with Gasteiger partial charge in [0, 0.05) is 44.6 Å². The first kappa shape index (κ1) is 29.7. The smallest absolute Gasteiger partial charge is 0.383 e.